The Bertz CT molecular complexity index is 784. The largest absolute Gasteiger partial charge is 0.496 e. The number of hydrogen-bond donors (Lipinski definition) is 2. The second-order valence-electron chi connectivity index (χ2n) is 4.86. The summed E-state index contributed by atoms with van der Waals surface area (Å²) in [6, 6.07) is 19.2. The fraction of sp³-hybridized carbons (Fsp3) is 0.0588. The maximum absolute atomic E-state index is 9.53. The van der Waals surface area contributed by atoms with Crippen molar-refractivity contribution in [2.75, 3.05) is 7.11 Å². The summed E-state index contributed by atoms with van der Waals surface area (Å²) in [5.74, 6) is 0.769. The van der Waals surface area contributed by atoms with Crippen molar-refractivity contribution in [2.45, 2.75) is 0 Å². The highest BCUT2D eigenvalue weighted by Crippen LogP contribution is 2.31. The summed E-state index contributed by atoms with van der Waals surface area (Å²) >= 11 is 0. The SMILES string of the molecule is COc1cc(-c2ccccc2B(O)O)cc2ccccc12. The minimum atomic E-state index is -1.50. The van der Waals surface area contributed by atoms with Crippen LogP contribution >= 0.6 is 0 Å². The first-order valence-electron chi connectivity index (χ1n) is 6.73. The molecule has 0 aliphatic heterocycles. The van der Waals surface area contributed by atoms with Gasteiger partial charge < -0.3 is 14.8 Å². The number of fused-ring (bicyclic) bond motifs is 1. The molecule has 0 saturated heterocycles. The van der Waals surface area contributed by atoms with Crippen molar-refractivity contribution in [2.24, 2.45) is 0 Å². The summed E-state index contributed by atoms with van der Waals surface area (Å²) in [5.41, 5.74) is 2.17. The van der Waals surface area contributed by atoms with Crippen molar-refractivity contribution < 1.29 is 14.8 Å². The highest BCUT2D eigenvalue weighted by atomic mass is 16.5. The third-order valence-corrected chi connectivity index (χ3v) is 3.59. The molecule has 0 aromatic heterocycles. The van der Waals surface area contributed by atoms with E-state index in [4.69, 9.17) is 4.74 Å². The van der Waals surface area contributed by atoms with Crippen LogP contribution in [0.25, 0.3) is 21.9 Å². The molecule has 0 radical (unpaired) electrons. The molecule has 0 unspecified atom stereocenters. The van der Waals surface area contributed by atoms with Crippen LogP contribution in [0.3, 0.4) is 0 Å². The van der Waals surface area contributed by atoms with E-state index in [0.29, 0.717) is 5.46 Å². The summed E-state index contributed by atoms with van der Waals surface area (Å²) < 4.78 is 5.46. The third-order valence-electron chi connectivity index (χ3n) is 3.59. The van der Waals surface area contributed by atoms with E-state index in [1.54, 1.807) is 19.2 Å². The first-order chi connectivity index (χ1) is 10.2. The van der Waals surface area contributed by atoms with Crippen LogP contribution in [0.2, 0.25) is 0 Å². The number of hydrogen-bond acceptors (Lipinski definition) is 3. The predicted molar refractivity (Wildman–Crippen MR) is 85.8 cm³/mol. The lowest BCUT2D eigenvalue weighted by Crippen LogP contribution is -2.31. The van der Waals surface area contributed by atoms with Gasteiger partial charge in [-0.1, -0.05) is 48.5 Å². The van der Waals surface area contributed by atoms with Crippen molar-refractivity contribution in [3.8, 4) is 16.9 Å². The van der Waals surface area contributed by atoms with Gasteiger partial charge in [-0.2, -0.15) is 0 Å². The summed E-state index contributed by atoms with van der Waals surface area (Å²) in [5, 5.41) is 21.1. The Morgan fingerprint density at radius 2 is 1.62 bits per heavy atom. The molecule has 3 aromatic carbocycles. The molecule has 0 amide bonds. The standard InChI is InChI=1S/C17H15BO3/c1-21-17-11-13(10-12-6-2-3-8-15(12)17)14-7-4-5-9-16(14)18(19)20/h2-11,19-20H,1H3. The molecule has 0 fully saturated rings. The fourth-order valence-corrected chi connectivity index (χ4v) is 2.58. The average Bonchev–Trinajstić information content (AvgIpc) is 2.53. The lowest BCUT2D eigenvalue weighted by Gasteiger charge is -2.12. The Morgan fingerprint density at radius 1 is 0.905 bits per heavy atom. The van der Waals surface area contributed by atoms with E-state index in [9.17, 15) is 10.0 Å². The molecule has 3 rings (SSSR count). The maximum atomic E-state index is 9.53. The molecule has 4 heteroatoms. The van der Waals surface area contributed by atoms with Crippen molar-refractivity contribution in [3.05, 3.63) is 60.7 Å². The highest BCUT2D eigenvalue weighted by Gasteiger charge is 2.17. The van der Waals surface area contributed by atoms with Crippen LogP contribution in [0.4, 0.5) is 0 Å². The van der Waals surface area contributed by atoms with Crippen LogP contribution in [0.5, 0.6) is 5.75 Å². The van der Waals surface area contributed by atoms with Gasteiger partial charge in [0.2, 0.25) is 0 Å². The minimum absolute atomic E-state index is 0.481. The van der Waals surface area contributed by atoms with E-state index in [2.05, 4.69) is 0 Å². The van der Waals surface area contributed by atoms with Gasteiger partial charge in [-0.05, 0) is 34.1 Å². The number of benzene rings is 3. The minimum Gasteiger partial charge on any atom is -0.496 e. The van der Waals surface area contributed by atoms with E-state index >= 15 is 0 Å². The zero-order chi connectivity index (χ0) is 14.8. The summed E-state index contributed by atoms with van der Waals surface area (Å²) in [4.78, 5) is 0. The molecule has 3 aromatic rings. The molecule has 0 saturated carbocycles. The van der Waals surface area contributed by atoms with E-state index in [1.807, 2.05) is 48.5 Å². The summed E-state index contributed by atoms with van der Waals surface area (Å²) in [6.07, 6.45) is 0. The Labute approximate surface area is 123 Å². The average molecular weight is 278 g/mol. The normalized spacial score (nSPS) is 10.6. The van der Waals surface area contributed by atoms with E-state index in [-0.39, 0.29) is 0 Å². The first-order valence-corrected chi connectivity index (χ1v) is 6.73. The Balaban J connectivity index is 2.26. The Hall–Kier alpha value is -2.30. The smallest absolute Gasteiger partial charge is 0.489 e. The van der Waals surface area contributed by atoms with Gasteiger partial charge in [-0.25, -0.2) is 0 Å². The number of ether oxygens (including phenoxy) is 1. The topological polar surface area (TPSA) is 49.7 Å². The van der Waals surface area contributed by atoms with Crippen molar-refractivity contribution in [1.82, 2.24) is 0 Å². The second-order valence-corrected chi connectivity index (χ2v) is 4.86. The van der Waals surface area contributed by atoms with E-state index in [1.165, 1.54) is 0 Å². The van der Waals surface area contributed by atoms with Crippen LogP contribution in [0.15, 0.2) is 60.7 Å². The fourth-order valence-electron chi connectivity index (χ4n) is 2.58. The van der Waals surface area contributed by atoms with Crippen LogP contribution in [-0.2, 0) is 0 Å². The van der Waals surface area contributed by atoms with Gasteiger partial charge >= 0.3 is 7.12 Å². The molecule has 104 valence electrons. The van der Waals surface area contributed by atoms with Crippen LogP contribution in [0.1, 0.15) is 0 Å². The maximum Gasteiger partial charge on any atom is 0.489 e. The van der Waals surface area contributed by atoms with Gasteiger partial charge in [0, 0.05) is 5.39 Å². The Morgan fingerprint density at radius 3 is 2.38 bits per heavy atom. The third kappa shape index (κ3) is 2.51. The zero-order valence-corrected chi connectivity index (χ0v) is 11.7. The molecule has 0 spiro atoms. The second kappa shape index (κ2) is 5.60. The summed E-state index contributed by atoms with van der Waals surface area (Å²) in [7, 11) is 0.136. The van der Waals surface area contributed by atoms with Crippen LogP contribution in [-0.4, -0.2) is 24.3 Å². The molecule has 0 aliphatic rings. The molecule has 2 N–H and O–H groups in total. The first kappa shape index (κ1) is 13.7. The van der Waals surface area contributed by atoms with Crippen molar-refractivity contribution >= 4 is 23.4 Å². The Kier molecular flexibility index (Phi) is 3.65. The van der Waals surface area contributed by atoms with Gasteiger partial charge in [0.25, 0.3) is 0 Å². The predicted octanol–water partition coefficient (Wildman–Crippen LogP) is 2.20. The quantitative estimate of drug-likeness (QED) is 0.722. The summed E-state index contributed by atoms with van der Waals surface area (Å²) in [6.45, 7) is 0. The van der Waals surface area contributed by atoms with Gasteiger partial charge in [-0.15, -0.1) is 0 Å². The van der Waals surface area contributed by atoms with Crippen molar-refractivity contribution in [1.29, 1.82) is 0 Å². The van der Waals surface area contributed by atoms with E-state index < -0.39 is 7.12 Å². The molecular weight excluding hydrogens is 263 g/mol. The molecule has 0 heterocycles. The molecule has 21 heavy (non-hydrogen) atoms. The van der Waals surface area contributed by atoms with Gasteiger partial charge in [-0.3, -0.25) is 0 Å². The molecule has 3 nitrogen and oxygen atoms in total. The zero-order valence-electron chi connectivity index (χ0n) is 11.7. The van der Waals surface area contributed by atoms with E-state index in [0.717, 1.165) is 27.6 Å². The molecular formula is C17H15BO3. The van der Waals surface area contributed by atoms with Crippen LogP contribution in [0, 0.1) is 0 Å². The highest BCUT2D eigenvalue weighted by molar-refractivity contribution is 6.60. The number of methoxy groups -OCH3 is 1. The van der Waals surface area contributed by atoms with Gasteiger partial charge in [0.05, 0.1) is 7.11 Å². The van der Waals surface area contributed by atoms with Crippen LogP contribution < -0.4 is 10.2 Å². The van der Waals surface area contributed by atoms with Gasteiger partial charge in [0.15, 0.2) is 0 Å². The monoisotopic (exact) mass is 278 g/mol. The van der Waals surface area contributed by atoms with Crippen molar-refractivity contribution in [3.63, 3.8) is 0 Å². The molecule has 0 aliphatic carbocycles. The van der Waals surface area contributed by atoms with Gasteiger partial charge in [0.1, 0.15) is 5.75 Å². The molecule has 0 bridgehead atoms. The number of rotatable bonds is 3. The molecule has 0 atom stereocenters. The lowest BCUT2D eigenvalue weighted by molar-refractivity contribution is 0.420. The lowest BCUT2D eigenvalue weighted by atomic mass is 9.75.